The number of para-hydroxylation sites is 1. The van der Waals surface area contributed by atoms with Crippen LogP contribution in [0.25, 0.3) is 5.69 Å². The topological polar surface area (TPSA) is 64.2 Å². The van der Waals surface area contributed by atoms with Gasteiger partial charge in [0.15, 0.2) is 0 Å². The first kappa shape index (κ1) is 17.2. The van der Waals surface area contributed by atoms with Gasteiger partial charge in [-0.2, -0.15) is 5.10 Å². The van der Waals surface area contributed by atoms with E-state index in [1.54, 1.807) is 4.90 Å². The lowest BCUT2D eigenvalue weighted by atomic mass is 9.93. The number of aryl methyl sites for hydroxylation is 1. The molecule has 0 aliphatic carbocycles. The first-order valence-corrected chi connectivity index (χ1v) is 7.94. The molecule has 0 fully saturated rings. The zero-order chi connectivity index (χ0) is 16.9. The van der Waals surface area contributed by atoms with Crippen LogP contribution in [0.5, 0.6) is 0 Å². The second-order valence-corrected chi connectivity index (χ2v) is 6.75. The summed E-state index contributed by atoms with van der Waals surface area (Å²) in [4.78, 5) is 14.0. The smallest absolute Gasteiger partial charge is 0.222 e. The van der Waals surface area contributed by atoms with Crippen molar-refractivity contribution in [1.29, 1.82) is 0 Å². The first-order chi connectivity index (χ1) is 10.9. The maximum atomic E-state index is 12.2. The quantitative estimate of drug-likeness (QED) is 0.852. The molecule has 0 spiro atoms. The maximum Gasteiger partial charge on any atom is 0.222 e. The predicted octanol–water partition coefficient (Wildman–Crippen LogP) is 2.25. The average molecular weight is 314 g/mol. The van der Waals surface area contributed by atoms with E-state index in [1.165, 1.54) is 0 Å². The maximum absolute atomic E-state index is 12.2. The van der Waals surface area contributed by atoms with Gasteiger partial charge in [0.05, 0.1) is 11.9 Å². The Labute approximate surface area is 138 Å². The van der Waals surface area contributed by atoms with Crippen molar-refractivity contribution in [1.82, 2.24) is 14.7 Å². The minimum absolute atomic E-state index is 0.0530. The molecule has 5 nitrogen and oxygen atoms in total. The molecule has 1 amide bonds. The molecule has 2 aromatic rings. The van der Waals surface area contributed by atoms with Crippen LogP contribution in [0.3, 0.4) is 0 Å². The fourth-order valence-corrected chi connectivity index (χ4v) is 2.45. The van der Waals surface area contributed by atoms with Crippen LogP contribution in [0, 0.1) is 5.41 Å². The van der Waals surface area contributed by atoms with Crippen LogP contribution in [-0.2, 0) is 11.2 Å². The van der Waals surface area contributed by atoms with Gasteiger partial charge in [0.2, 0.25) is 5.91 Å². The van der Waals surface area contributed by atoms with Gasteiger partial charge >= 0.3 is 0 Å². The molecule has 2 N–H and O–H groups in total. The van der Waals surface area contributed by atoms with E-state index in [0.29, 0.717) is 25.9 Å². The van der Waals surface area contributed by atoms with Gasteiger partial charge in [-0.1, -0.05) is 32.0 Å². The Balaban J connectivity index is 1.89. The number of rotatable bonds is 7. The van der Waals surface area contributed by atoms with Crippen molar-refractivity contribution in [3.05, 3.63) is 48.3 Å². The third-order valence-electron chi connectivity index (χ3n) is 3.93. The SMILES string of the molecule is CN(CC(C)(C)CN)C(=O)CCc1cnn(-c2ccccc2)c1. The number of aromatic nitrogens is 2. The molecule has 124 valence electrons. The molecule has 2 rings (SSSR count). The zero-order valence-corrected chi connectivity index (χ0v) is 14.2. The van der Waals surface area contributed by atoms with Crippen LogP contribution in [0.4, 0.5) is 0 Å². The molecule has 0 aliphatic heterocycles. The van der Waals surface area contributed by atoms with Crippen LogP contribution >= 0.6 is 0 Å². The number of carbonyl (C=O) groups is 1. The van der Waals surface area contributed by atoms with Crippen LogP contribution in [0.2, 0.25) is 0 Å². The van der Waals surface area contributed by atoms with Crippen molar-refractivity contribution in [2.24, 2.45) is 11.1 Å². The predicted molar refractivity (Wildman–Crippen MR) is 92.4 cm³/mol. The summed E-state index contributed by atoms with van der Waals surface area (Å²) in [6, 6.07) is 9.95. The number of hydrogen-bond acceptors (Lipinski definition) is 3. The summed E-state index contributed by atoms with van der Waals surface area (Å²) in [6.07, 6.45) is 4.98. The Hall–Kier alpha value is -2.14. The van der Waals surface area contributed by atoms with Gasteiger partial charge in [0.25, 0.3) is 0 Å². The normalized spacial score (nSPS) is 11.5. The molecule has 0 atom stereocenters. The molecule has 5 heteroatoms. The fourth-order valence-electron chi connectivity index (χ4n) is 2.45. The number of nitrogens with zero attached hydrogens (tertiary/aromatic N) is 3. The van der Waals surface area contributed by atoms with Crippen molar-refractivity contribution >= 4 is 5.91 Å². The van der Waals surface area contributed by atoms with Crippen molar-refractivity contribution in [2.75, 3.05) is 20.1 Å². The summed E-state index contributed by atoms with van der Waals surface area (Å²) in [5.41, 5.74) is 7.76. The number of nitrogens with two attached hydrogens (primary N) is 1. The fraction of sp³-hybridized carbons (Fsp3) is 0.444. The number of benzene rings is 1. The van der Waals surface area contributed by atoms with Crippen molar-refractivity contribution < 1.29 is 4.79 Å². The van der Waals surface area contributed by atoms with Gasteiger partial charge in [-0.25, -0.2) is 4.68 Å². The van der Waals surface area contributed by atoms with Gasteiger partial charge < -0.3 is 10.6 Å². The van der Waals surface area contributed by atoms with Crippen LogP contribution in [0.15, 0.2) is 42.7 Å². The Kier molecular flexibility index (Phi) is 5.55. The highest BCUT2D eigenvalue weighted by Crippen LogP contribution is 2.15. The van der Waals surface area contributed by atoms with E-state index in [0.717, 1.165) is 11.3 Å². The second kappa shape index (κ2) is 7.42. The lowest BCUT2D eigenvalue weighted by molar-refractivity contribution is -0.131. The Morgan fingerprint density at radius 1 is 1.30 bits per heavy atom. The summed E-state index contributed by atoms with van der Waals surface area (Å²) < 4.78 is 1.83. The van der Waals surface area contributed by atoms with Gasteiger partial charge in [-0.05, 0) is 36.1 Å². The summed E-state index contributed by atoms with van der Waals surface area (Å²) in [6.45, 7) is 5.38. The Morgan fingerprint density at radius 3 is 2.65 bits per heavy atom. The van der Waals surface area contributed by atoms with Crippen LogP contribution < -0.4 is 5.73 Å². The summed E-state index contributed by atoms with van der Waals surface area (Å²) in [7, 11) is 1.84. The molecule has 1 heterocycles. The lowest BCUT2D eigenvalue weighted by Crippen LogP contribution is -2.39. The third-order valence-corrected chi connectivity index (χ3v) is 3.93. The van der Waals surface area contributed by atoms with Crippen LogP contribution in [0.1, 0.15) is 25.8 Å². The molecule has 1 aromatic heterocycles. The lowest BCUT2D eigenvalue weighted by Gasteiger charge is -2.29. The van der Waals surface area contributed by atoms with E-state index in [4.69, 9.17) is 5.73 Å². The monoisotopic (exact) mass is 314 g/mol. The van der Waals surface area contributed by atoms with Gasteiger partial charge in [0.1, 0.15) is 0 Å². The molecule has 0 unspecified atom stereocenters. The molecular weight excluding hydrogens is 288 g/mol. The second-order valence-electron chi connectivity index (χ2n) is 6.75. The van der Waals surface area contributed by atoms with E-state index < -0.39 is 0 Å². The summed E-state index contributed by atoms with van der Waals surface area (Å²) in [5, 5.41) is 4.36. The average Bonchev–Trinajstić information content (AvgIpc) is 3.02. The molecule has 0 radical (unpaired) electrons. The molecule has 0 saturated carbocycles. The van der Waals surface area contributed by atoms with E-state index in [2.05, 4.69) is 18.9 Å². The highest BCUT2D eigenvalue weighted by Gasteiger charge is 2.21. The van der Waals surface area contributed by atoms with E-state index in [1.807, 2.05) is 54.5 Å². The molecular formula is C18H26N4O. The third kappa shape index (κ3) is 4.93. The largest absolute Gasteiger partial charge is 0.345 e. The highest BCUT2D eigenvalue weighted by atomic mass is 16.2. The van der Waals surface area contributed by atoms with Crippen molar-refractivity contribution in [2.45, 2.75) is 26.7 Å². The standard InChI is InChI=1S/C18H26N4O/c1-18(2,13-19)14-21(3)17(23)10-9-15-11-20-22(12-15)16-7-5-4-6-8-16/h4-8,11-12H,9-10,13-14,19H2,1-3H3. The zero-order valence-electron chi connectivity index (χ0n) is 14.2. The molecule has 0 saturated heterocycles. The van der Waals surface area contributed by atoms with Gasteiger partial charge in [-0.3, -0.25) is 4.79 Å². The van der Waals surface area contributed by atoms with E-state index >= 15 is 0 Å². The number of carbonyl (C=O) groups excluding carboxylic acids is 1. The first-order valence-electron chi connectivity index (χ1n) is 7.94. The summed E-state index contributed by atoms with van der Waals surface area (Å²) >= 11 is 0. The van der Waals surface area contributed by atoms with Gasteiger partial charge in [0, 0.05) is 26.2 Å². The molecule has 1 aromatic carbocycles. The van der Waals surface area contributed by atoms with Crippen LogP contribution in [-0.4, -0.2) is 40.7 Å². The number of amides is 1. The molecule has 23 heavy (non-hydrogen) atoms. The molecule has 0 aliphatic rings. The van der Waals surface area contributed by atoms with Crippen molar-refractivity contribution in [3.8, 4) is 5.69 Å². The van der Waals surface area contributed by atoms with E-state index in [-0.39, 0.29) is 11.3 Å². The Morgan fingerprint density at radius 2 is 2.00 bits per heavy atom. The highest BCUT2D eigenvalue weighted by molar-refractivity contribution is 5.76. The van der Waals surface area contributed by atoms with E-state index in [9.17, 15) is 4.79 Å². The van der Waals surface area contributed by atoms with Crippen molar-refractivity contribution in [3.63, 3.8) is 0 Å². The van der Waals surface area contributed by atoms with Gasteiger partial charge in [-0.15, -0.1) is 0 Å². The minimum Gasteiger partial charge on any atom is -0.345 e. The minimum atomic E-state index is -0.0530. The number of hydrogen-bond donors (Lipinski definition) is 1. The molecule has 0 bridgehead atoms. The Bertz CT molecular complexity index is 633. The summed E-state index contributed by atoms with van der Waals surface area (Å²) in [5.74, 6) is 0.138.